The molecule has 6 nitrogen and oxygen atoms in total. The number of carbonyl (C=O) groups excluding carboxylic acids is 1. The highest BCUT2D eigenvalue weighted by Gasteiger charge is 2.23. The van der Waals surface area contributed by atoms with E-state index in [-0.39, 0.29) is 9.92 Å². The van der Waals surface area contributed by atoms with Crippen LogP contribution in [0.25, 0.3) is 0 Å². The fraction of sp³-hybridized carbons (Fsp3) is 0.188. The zero-order chi connectivity index (χ0) is 19.5. The van der Waals surface area contributed by atoms with E-state index in [0.717, 1.165) is 0 Å². The van der Waals surface area contributed by atoms with Crippen molar-refractivity contribution in [1.82, 2.24) is 4.72 Å². The van der Waals surface area contributed by atoms with E-state index in [0.29, 0.717) is 21.5 Å². The summed E-state index contributed by atoms with van der Waals surface area (Å²) in [5.41, 5.74) is 0.353. The average molecular weight is 438 g/mol. The maximum atomic E-state index is 12.4. The summed E-state index contributed by atoms with van der Waals surface area (Å²) < 4.78 is 32.1. The lowest BCUT2D eigenvalue weighted by Crippen LogP contribution is -2.41. The Bertz CT molecular complexity index is 915. The van der Waals surface area contributed by atoms with Crippen LogP contribution in [-0.4, -0.2) is 27.5 Å². The number of halogens is 3. The Kier molecular flexibility index (Phi) is 6.76. The van der Waals surface area contributed by atoms with Crippen molar-refractivity contribution in [3.63, 3.8) is 0 Å². The van der Waals surface area contributed by atoms with E-state index >= 15 is 0 Å². The summed E-state index contributed by atoms with van der Waals surface area (Å²) in [5.74, 6) is -0.235. The van der Waals surface area contributed by atoms with Gasteiger partial charge in [-0.15, -0.1) is 0 Å². The number of methoxy groups -OCH3 is 1. The van der Waals surface area contributed by atoms with Crippen molar-refractivity contribution in [1.29, 1.82) is 0 Å². The fourth-order valence-electron chi connectivity index (χ4n) is 2.05. The Morgan fingerprint density at radius 3 is 2.23 bits per heavy atom. The molecule has 0 saturated heterocycles. The van der Waals surface area contributed by atoms with Crippen molar-refractivity contribution in [2.45, 2.75) is 17.9 Å². The first kappa shape index (κ1) is 20.8. The van der Waals surface area contributed by atoms with Crippen molar-refractivity contribution in [3.8, 4) is 5.75 Å². The van der Waals surface area contributed by atoms with Gasteiger partial charge in [0.15, 0.2) is 0 Å². The lowest BCUT2D eigenvalue weighted by atomic mass is 10.3. The van der Waals surface area contributed by atoms with Crippen molar-refractivity contribution < 1.29 is 17.9 Å². The number of amides is 1. The number of sulfonamides is 1. The second kappa shape index (κ2) is 8.45. The van der Waals surface area contributed by atoms with Gasteiger partial charge in [0.2, 0.25) is 15.9 Å². The van der Waals surface area contributed by atoms with E-state index in [1.165, 1.54) is 50.4 Å². The quantitative estimate of drug-likeness (QED) is 0.716. The van der Waals surface area contributed by atoms with E-state index in [1.54, 1.807) is 0 Å². The first-order chi connectivity index (χ1) is 12.1. The molecule has 0 aliphatic carbocycles. The summed E-state index contributed by atoms with van der Waals surface area (Å²) in [7, 11) is -2.54. The molecule has 0 saturated carbocycles. The monoisotopic (exact) mass is 436 g/mol. The maximum absolute atomic E-state index is 12.4. The van der Waals surface area contributed by atoms with Gasteiger partial charge in [-0.1, -0.05) is 34.8 Å². The highest BCUT2D eigenvalue weighted by molar-refractivity contribution is 7.89. The van der Waals surface area contributed by atoms with E-state index in [4.69, 9.17) is 39.5 Å². The normalized spacial score (nSPS) is 12.5. The van der Waals surface area contributed by atoms with Gasteiger partial charge in [0.05, 0.1) is 23.1 Å². The van der Waals surface area contributed by atoms with Crippen LogP contribution >= 0.6 is 34.8 Å². The van der Waals surface area contributed by atoms with Gasteiger partial charge in [-0.2, -0.15) is 4.72 Å². The highest BCUT2D eigenvalue weighted by atomic mass is 35.5. The lowest BCUT2D eigenvalue weighted by Gasteiger charge is -2.15. The van der Waals surface area contributed by atoms with Crippen molar-refractivity contribution in [3.05, 3.63) is 51.5 Å². The van der Waals surface area contributed by atoms with Crippen LogP contribution in [0.1, 0.15) is 6.92 Å². The molecule has 26 heavy (non-hydrogen) atoms. The molecular weight excluding hydrogens is 423 g/mol. The van der Waals surface area contributed by atoms with Crippen LogP contribution in [0, 0.1) is 0 Å². The summed E-state index contributed by atoms with van der Waals surface area (Å²) in [5, 5.41) is 3.37. The van der Waals surface area contributed by atoms with Crippen molar-refractivity contribution in [2.75, 3.05) is 12.4 Å². The van der Waals surface area contributed by atoms with E-state index in [2.05, 4.69) is 10.0 Å². The Morgan fingerprint density at radius 2 is 1.69 bits per heavy atom. The number of hydrogen-bond donors (Lipinski definition) is 2. The van der Waals surface area contributed by atoms with Crippen molar-refractivity contribution in [2.24, 2.45) is 0 Å². The van der Waals surface area contributed by atoms with Gasteiger partial charge in [-0.25, -0.2) is 8.42 Å². The van der Waals surface area contributed by atoms with Crippen LogP contribution < -0.4 is 14.8 Å². The molecule has 2 aromatic carbocycles. The zero-order valence-corrected chi connectivity index (χ0v) is 16.8. The topological polar surface area (TPSA) is 84.5 Å². The largest absolute Gasteiger partial charge is 0.495 e. The summed E-state index contributed by atoms with van der Waals surface area (Å²) in [6, 6.07) is 7.44. The van der Waals surface area contributed by atoms with Crippen LogP contribution in [0.15, 0.2) is 41.3 Å². The number of hydrogen-bond acceptors (Lipinski definition) is 4. The molecule has 0 heterocycles. The van der Waals surface area contributed by atoms with Gasteiger partial charge < -0.3 is 10.1 Å². The third kappa shape index (κ3) is 5.25. The molecule has 2 N–H and O–H groups in total. The number of carbonyl (C=O) groups is 1. The molecule has 0 aliphatic heterocycles. The molecule has 10 heteroatoms. The van der Waals surface area contributed by atoms with Crippen LogP contribution in [-0.2, 0) is 14.8 Å². The Labute approximate surface area is 166 Å². The Morgan fingerprint density at radius 1 is 1.08 bits per heavy atom. The number of nitrogens with one attached hydrogen (secondary N) is 2. The number of anilines is 1. The highest BCUT2D eigenvalue weighted by Crippen LogP contribution is 2.27. The second-order valence-corrected chi connectivity index (χ2v) is 8.28. The van der Waals surface area contributed by atoms with E-state index in [1.807, 2.05) is 0 Å². The summed E-state index contributed by atoms with van der Waals surface area (Å²) in [6.07, 6.45) is 0. The standard InChI is InChI=1S/C16H15Cl3N2O4S/c1-9(16(22)20-12-6-10(17)5-11(18)7-12)21-26(23,24)13-3-4-15(25-2)14(19)8-13/h3-9,21H,1-2H3,(H,20,22)/t9-/m0/s1. The average Bonchev–Trinajstić information content (AvgIpc) is 2.53. The molecule has 0 radical (unpaired) electrons. The molecule has 1 atom stereocenters. The van der Waals surface area contributed by atoms with E-state index < -0.39 is 22.0 Å². The van der Waals surface area contributed by atoms with E-state index in [9.17, 15) is 13.2 Å². The Balaban J connectivity index is 2.13. The number of benzene rings is 2. The first-order valence-electron chi connectivity index (χ1n) is 7.25. The number of ether oxygens (including phenoxy) is 1. The molecule has 2 aromatic rings. The molecule has 0 spiro atoms. The lowest BCUT2D eigenvalue weighted by molar-refractivity contribution is -0.117. The maximum Gasteiger partial charge on any atom is 0.242 e. The smallest absolute Gasteiger partial charge is 0.242 e. The minimum Gasteiger partial charge on any atom is -0.495 e. The summed E-state index contributed by atoms with van der Waals surface area (Å²) in [4.78, 5) is 12.2. The first-order valence-corrected chi connectivity index (χ1v) is 9.87. The predicted octanol–water partition coefficient (Wildman–Crippen LogP) is 3.96. The van der Waals surface area contributed by atoms with Crippen LogP contribution in [0.2, 0.25) is 15.1 Å². The third-order valence-electron chi connectivity index (χ3n) is 3.29. The molecule has 140 valence electrons. The van der Waals surface area contributed by atoms with Crippen LogP contribution in [0.4, 0.5) is 5.69 Å². The van der Waals surface area contributed by atoms with Gasteiger partial charge in [-0.05, 0) is 43.3 Å². The van der Waals surface area contributed by atoms with Gasteiger partial charge in [0.25, 0.3) is 0 Å². The number of rotatable bonds is 6. The predicted molar refractivity (Wildman–Crippen MR) is 103 cm³/mol. The minimum atomic E-state index is -3.96. The molecule has 1 amide bonds. The van der Waals surface area contributed by atoms with Gasteiger partial charge in [-0.3, -0.25) is 4.79 Å². The van der Waals surface area contributed by atoms with Crippen LogP contribution in [0.5, 0.6) is 5.75 Å². The Hall–Kier alpha value is -1.51. The van der Waals surface area contributed by atoms with Gasteiger partial charge in [0.1, 0.15) is 5.75 Å². The fourth-order valence-corrected chi connectivity index (χ4v) is 4.12. The van der Waals surface area contributed by atoms with Crippen molar-refractivity contribution >= 4 is 56.4 Å². The molecule has 0 fully saturated rings. The molecule has 2 rings (SSSR count). The van der Waals surface area contributed by atoms with Crippen LogP contribution in [0.3, 0.4) is 0 Å². The minimum absolute atomic E-state index is 0.0891. The third-order valence-corrected chi connectivity index (χ3v) is 5.56. The van der Waals surface area contributed by atoms with Gasteiger partial charge in [0, 0.05) is 15.7 Å². The summed E-state index contributed by atoms with van der Waals surface area (Å²) >= 11 is 17.7. The molecule has 0 aromatic heterocycles. The molecular formula is C16H15Cl3N2O4S. The summed E-state index contributed by atoms with van der Waals surface area (Å²) in [6.45, 7) is 1.41. The molecule has 0 unspecified atom stereocenters. The SMILES string of the molecule is COc1ccc(S(=O)(=O)N[C@@H](C)C(=O)Nc2cc(Cl)cc(Cl)c2)cc1Cl. The van der Waals surface area contributed by atoms with Gasteiger partial charge >= 0.3 is 0 Å². The molecule has 0 aliphatic rings. The second-order valence-electron chi connectivity index (χ2n) is 5.29. The molecule has 0 bridgehead atoms. The zero-order valence-electron chi connectivity index (χ0n) is 13.7.